The van der Waals surface area contributed by atoms with Gasteiger partial charge in [0.15, 0.2) is 0 Å². The van der Waals surface area contributed by atoms with Crippen molar-refractivity contribution in [3.63, 3.8) is 0 Å². The molecule has 0 aromatic heterocycles. The summed E-state index contributed by atoms with van der Waals surface area (Å²) in [5.74, 6) is 0. The van der Waals surface area contributed by atoms with Crippen LogP contribution in [0.4, 0.5) is 0 Å². The highest BCUT2D eigenvalue weighted by Gasteiger charge is 2.06. The molecule has 0 bridgehead atoms. The van der Waals surface area contributed by atoms with Gasteiger partial charge in [0.2, 0.25) is 0 Å². The van der Waals surface area contributed by atoms with Crippen molar-refractivity contribution < 1.29 is 0 Å². The number of rotatable bonds is 10. The predicted octanol–water partition coefficient (Wildman–Crippen LogP) is 11.4. The molecule has 5 aromatic rings. The molecule has 0 saturated carbocycles. The van der Waals surface area contributed by atoms with Crippen molar-refractivity contribution in [2.75, 3.05) is 0 Å². The molecule has 0 unspecified atom stereocenters. The van der Waals surface area contributed by atoms with Crippen LogP contribution in [0.25, 0.3) is 34.4 Å². The summed E-state index contributed by atoms with van der Waals surface area (Å²) in [4.78, 5) is 0. The van der Waals surface area contributed by atoms with E-state index in [0.717, 1.165) is 12.8 Å². The largest absolute Gasteiger partial charge is 0.0877 e. The number of allylic oxidation sites excluding steroid dienone is 5. The van der Waals surface area contributed by atoms with Crippen LogP contribution >= 0.6 is 0 Å². The molecule has 0 saturated heterocycles. The third kappa shape index (κ3) is 7.81. The van der Waals surface area contributed by atoms with Crippen LogP contribution < -0.4 is 0 Å². The Bertz CT molecular complexity index is 1570. The van der Waals surface area contributed by atoms with E-state index >= 15 is 0 Å². The molecule has 0 nitrogen and oxygen atoms in total. The minimum Gasteiger partial charge on any atom is -0.0877 e. The second-order valence-corrected chi connectivity index (χ2v) is 10.1. The molecule has 0 spiro atoms. The molecule has 0 aliphatic heterocycles. The molecule has 5 aromatic carbocycles. The summed E-state index contributed by atoms with van der Waals surface area (Å²) in [6.45, 7) is 2.04. The molecule has 41 heavy (non-hydrogen) atoms. The monoisotopic (exact) mass is 528 g/mol. The molecule has 0 heterocycles. The predicted molar refractivity (Wildman–Crippen MR) is 179 cm³/mol. The van der Waals surface area contributed by atoms with Gasteiger partial charge < -0.3 is 0 Å². The van der Waals surface area contributed by atoms with E-state index in [0.29, 0.717) is 0 Å². The highest BCUT2D eigenvalue weighted by Crippen LogP contribution is 2.28. The van der Waals surface area contributed by atoms with E-state index < -0.39 is 0 Å². The Kier molecular flexibility index (Phi) is 9.73. The van der Waals surface area contributed by atoms with E-state index in [1.54, 1.807) is 0 Å². The van der Waals surface area contributed by atoms with Gasteiger partial charge in [0.1, 0.15) is 0 Å². The van der Waals surface area contributed by atoms with Gasteiger partial charge in [0.25, 0.3) is 0 Å². The Morgan fingerprint density at radius 2 is 0.951 bits per heavy atom. The third-order valence-corrected chi connectivity index (χ3v) is 7.14. The summed E-state index contributed by atoms with van der Waals surface area (Å²) in [6, 6.07) is 49.7. The van der Waals surface area contributed by atoms with Gasteiger partial charge in [-0.3, -0.25) is 0 Å². The van der Waals surface area contributed by atoms with Crippen molar-refractivity contribution in [3.05, 3.63) is 192 Å². The van der Waals surface area contributed by atoms with Crippen LogP contribution in [0.5, 0.6) is 0 Å². The summed E-state index contributed by atoms with van der Waals surface area (Å²) in [5.41, 5.74) is 11.1. The van der Waals surface area contributed by atoms with Crippen molar-refractivity contribution in [1.82, 2.24) is 0 Å². The molecular formula is C41H36. The Morgan fingerprint density at radius 3 is 1.44 bits per heavy atom. The van der Waals surface area contributed by atoms with Gasteiger partial charge in [0.05, 0.1) is 0 Å². The minimum atomic E-state index is 1.00. The van der Waals surface area contributed by atoms with Crippen molar-refractivity contribution in [3.8, 4) is 11.1 Å². The first-order valence-electron chi connectivity index (χ1n) is 14.4. The molecule has 200 valence electrons. The molecule has 0 fully saturated rings. The Hall–Kier alpha value is -4.94. The topological polar surface area (TPSA) is 0 Å². The first-order valence-corrected chi connectivity index (χ1v) is 14.4. The standard InChI is InChI=1S/C41H36/c1-2-3-4-5-9-22-40(35-16-10-6-11-17-35)31-33-23-27-36(28-24-33)37-29-25-34(26-30-37)32-41(38-18-12-7-13-19-38)39-20-14-8-15-21-39/h2-8,10-21,23-32H,9,22H2,1H3/b3-2-,5-4-,40-31+. The number of hydrogen-bond donors (Lipinski definition) is 0. The van der Waals surface area contributed by atoms with E-state index in [-0.39, 0.29) is 0 Å². The molecular weight excluding hydrogens is 492 g/mol. The van der Waals surface area contributed by atoms with E-state index in [1.807, 2.05) is 6.92 Å². The van der Waals surface area contributed by atoms with Gasteiger partial charge in [-0.05, 0) is 75.9 Å². The zero-order valence-corrected chi connectivity index (χ0v) is 23.7. The summed E-state index contributed by atoms with van der Waals surface area (Å²) in [5, 5.41) is 0. The van der Waals surface area contributed by atoms with E-state index in [9.17, 15) is 0 Å². The van der Waals surface area contributed by atoms with Gasteiger partial charge in [-0.25, -0.2) is 0 Å². The van der Waals surface area contributed by atoms with Gasteiger partial charge in [-0.1, -0.05) is 170 Å². The molecule has 0 amide bonds. The van der Waals surface area contributed by atoms with Gasteiger partial charge >= 0.3 is 0 Å². The lowest BCUT2D eigenvalue weighted by Crippen LogP contribution is -1.88. The van der Waals surface area contributed by atoms with Crippen molar-refractivity contribution in [2.24, 2.45) is 0 Å². The lowest BCUT2D eigenvalue weighted by Gasteiger charge is -2.10. The SMILES string of the molecule is C/C=C\C=C/CC/C(=C\c1ccc(-c2ccc(C=C(c3ccccc3)c3ccccc3)cc2)cc1)c1ccccc1. The number of hydrogen-bond acceptors (Lipinski definition) is 0. The van der Waals surface area contributed by atoms with E-state index in [2.05, 4.69) is 176 Å². The van der Waals surface area contributed by atoms with E-state index in [4.69, 9.17) is 0 Å². The zero-order chi connectivity index (χ0) is 28.1. The highest BCUT2D eigenvalue weighted by atomic mass is 14.1. The number of benzene rings is 5. The summed E-state index contributed by atoms with van der Waals surface area (Å²) in [6.07, 6.45) is 15.1. The Morgan fingerprint density at radius 1 is 0.488 bits per heavy atom. The molecule has 0 aliphatic rings. The highest BCUT2D eigenvalue weighted by molar-refractivity contribution is 5.91. The Balaban J connectivity index is 1.36. The van der Waals surface area contributed by atoms with Gasteiger partial charge in [-0.15, -0.1) is 0 Å². The first kappa shape index (κ1) is 27.6. The lowest BCUT2D eigenvalue weighted by atomic mass is 9.95. The van der Waals surface area contributed by atoms with Crippen molar-refractivity contribution in [2.45, 2.75) is 19.8 Å². The molecule has 0 atom stereocenters. The third-order valence-electron chi connectivity index (χ3n) is 7.14. The normalized spacial score (nSPS) is 11.7. The molecule has 0 N–H and O–H groups in total. The average molecular weight is 529 g/mol. The smallest absolute Gasteiger partial charge is 0.0105 e. The zero-order valence-electron chi connectivity index (χ0n) is 23.7. The fraction of sp³-hybridized carbons (Fsp3) is 0.0732. The second kappa shape index (κ2) is 14.4. The molecule has 5 rings (SSSR count). The molecule has 0 radical (unpaired) electrons. The maximum absolute atomic E-state index is 2.32. The van der Waals surface area contributed by atoms with Gasteiger partial charge in [0, 0.05) is 0 Å². The fourth-order valence-corrected chi connectivity index (χ4v) is 4.96. The van der Waals surface area contributed by atoms with Gasteiger partial charge in [-0.2, -0.15) is 0 Å². The first-order chi connectivity index (χ1) is 20.3. The van der Waals surface area contributed by atoms with Crippen LogP contribution in [0.15, 0.2) is 164 Å². The lowest BCUT2D eigenvalue weighted by molar-refractivity contribution is 1.07. The van der Waals surface area contributed by atoms with Crippen molar-refractivity contribution >= 4 is 23.3 Å². The molecule has 0 heteroatoms. The Labute approximate surface area is 245 Å². The van der Waals surface area contributed by atoms with Crippen molar-refractivity contribution in [1.29, 1.82) is 0 Å². The summed E-state index contributed by atoms with van der Waals surface area (Å²) < 4.78 is 0. The maximum atomic E-state index is 2.32. The second-order valence-electron chi connectivity index (χ2n) is 10.1. The quantitative estimate of drug-likeness (QED) is 0.125. The van der Waals surface area contributed by atoms with Crippen LogP contribution in [0.2, 0.25) is 0 Å². The summed E-state index contributed by atoms with van der Waals surface area (Å²) in [7, 11) is 0. The maximum Gasteiger partial charge on any atom is -0.0105 e. The van der Waals surface area contributed by atoms with E-state index in [1.165, 1.54) is 50.1 Å². The van der Waals surface area contributed by atoms with Crippen LogP contribution in [-0.2, 0) is 0 Å². The average Bonchev–Trinajstić information content (AvgIpc) is 3.05. The summed E-state index contributed by atoms with van der Waals surface area (Å²) >= 11 is 0. The van der Waals surface area contributed by atoms with Crippen LogP contribution in [-0.4, -0.2) is 0 Å². The van der Waals surface area contributed by atoms with Crippen LogP contribution in [0.1, 0.15) is 47.6 Å². The fourth-order valence-electron chi connectivity index (χ4n) is 4.96. The minimum absolute atomic E-state index is 1.00. The van der Waals surface area contributed by atoms with Crippen LogP contribution in [0, 0.1) is 0 Å². The molecule has 0 aliphatic carbocycles. The van der Waals surface area contributed by atoms with Crippen LogP contribution in [0.3, 0.4) is 0 Å².